The number of aryl methyl sites for hydroxylation is 1. The van der Waals surface area contributed by atoms with Crippen molar-refractivity contribution in [1.29, 1.82) is 0 Å². The summed E-state index contributed by atoms with van der Waals surface area (Å²) in [5, 5.41) is 17.0. The first-order chi connectivity index (χ1) is 7.99. The highest BCUT2D eigenvalue weighted by Crippen LogP contribution is 2.07. The molecule has 0 aliphatic heterocycles. The van der Waals surface area contributed by atoms with Crippen molar-refractivity contribution >= 4 is 11.6 Å². The molecule has 7 nitrogen and oxygen atoms in total. The molecule has 94 valence electrons. The average molecular weight is 240 g/mol. The fourth-order valence-electron chi connectivity index (χ4n) is 1.19. The summed E-state index contributed by atoms with van der Waals surface area (Å²) in [6.45, 7) is 5.00. The van der Waals surface area contributed by atoms with Crippen molar-refractivity contribution in [2.24, 2.45) is 5.92 Å². The van der Waals surface area contributed by atoms with E-state index in [1.54, 1.807) is 0 Å². The van der Waals surface area contributed by atoms with Gasteiger partial charge in [0.1, 0.15) is 12.4 Å². The van der Waals surface area contributed by atoms with Crippen LogP contribution in [0.3, 0.4) is 0 Å². The van der Waals surface area contributed by atoms with Crippen LogP contribution in [-0.4, -0.2) is 27.2 Å². The summed E-state index contributed by atoms with van der Waals surface area (Å²) in [6, 6.07) is 0. The maximum Gasteiger partial charge on any atom is 0.306 e. The first-order valence-corrected chi connectivity index (χ1v) is 5.42. The molecule has 17 heavy (non-hydrogen) atoms. The van der Waals surface area contributed by atoms with Crippen molar-refractivity contribution in [3.63, 3.8) is 0 Å². The van der Waals surface area contributed by atoms with Crippen LogP contribution in [0.5, 0.6) is 0 Å². The molecule has 0 aliphatic carbocycles. The number of nitrogens with one attached hydrogen (secondary N) is 1. The van der Waals surface area contributed by atoms with E-state index in [0.717, 1.165) is 0 Å². The summed E-state index contributed by atoms with van der Waals surface area (Å²) in [6.07, 6.45) is 2.76. The Bertz CT molecular complexity index is 400. The summed E-state index contributed by atoms with van der Waals surface area (Å²) in [5.74, 6) is 0.335. The van der Waals surface area contributed by atoms with Gasteiger partial charge in [-0.1, -0.05) is 13.8 Å². The maximum atomic E-state index is 11.4. The fourth-order valence-corrected chi connectivity index (χ4v) is 1.19. The maximum absolute atomic E-state index is 11.4. The number of hydrogen-bond donors (Lipinski definition) is 1. The minimum absolute atomic E-state index is 0.0624. The molecule has 1 aromatic heterocycles. The average Bonchev–Trinajstić information content (AvgIpc) is 2.72. The second-order valence-electron chi connectivity index (χ2n) is 4.17. The highest BCUT2D eigenvalue weighted by Gasteiger charge is 2.09. The van der Waals surface area contributed by atoms with E-state index in [4.69, 9.17) is 0 Å². The van der Waals surface area contributed by atoms with Gasteiger partial charge in [0.15, 0.2) is 0 Å². The Kier molecular flexibility index (Phi) is 4.62. The molecule has 1 N–H and O–H groups in total. The van der Waals surface area contributed by atoms with E-state index in [0.29, 0.717) is 19.0 Å². The largest absolute Gasteiger partial charge is 0.356 e. The Morgan fingerprint density at radius 1 is 1.65 bits per heavy atom. The number of aromatic nitrogens is 2. The van der Waals surface area contributed by atoms with Crippen LogP contribution in [0.4, 0.5) is 5.69 Å². The minimum Gasteiger partial charge on any atom is -0.356 e. The smallest absolute Gasteiger partial charge is 0.306 e. The summed E-state index contributed by atoms with van der Waals surface area (Å²) in [7, 11) is 0. The molecule has 1 aromatic rings. The van der Waals surface area contributed by atoms with Crippen LogP contribution in [0.1, 0.15) is 20.3 Å². The number of carbonyl (C=O) groups excluding carboxylic acids is 1. The van der Waals surface area contributed by atoms with Gasteiger partial charge in [0, 0.05) is 19.5 Å². The van der Waals surface area contributed by atoms with Crippen LogP contribution >= 0.6 is 0 Å². The number of hydrogen-bond acceptors (Lipinski definition) is 4. The Hall–Kier alpha value is -1.92. The molecule has 0 saturated heterocycles. The molecule has 0 bridgehead atoms. The number of carbonyl (C=O) groups is 1. The second-order valence-corrected chi connectivity index (χ2v) is 4.17. The van der Waals surface area contributed by atoms with Crippen molar-refractivity contribution < 1.29 is 9.72 Å². The summed E-state index contributed by atoms with van der Waals surface area (Å²) in [4.78, 5) is 21.3. The second kappa shape index (κ2) is 5.97. The SMILES string of the molecule is CC(C)CNC(=O)CCn1cc([N+](=O)[O-])cn1. The predicted octanol–water partition coefficient (Wildman–Crippen LogP) is 0.954. The quantitative estimate of drug-likeness (QED) is 0.592. The number of amides is 1. The standard InChI is InChI=1S/C10H16N4O3/c1-8(2)5-11-10(15)3-4-13-7-9(6-12-13)14(16)17/h6-8H,3-5H2,1-2H3,(H,11,15). The van der Waals surface area contributed by atoms with Crippen molar-refractivity contribution in [2.45, 2.75) is 26.8 Å². The monoisotopic (exact) mass is 240 g/mol. The predicted molar refractivity (Wildman–Crippen MR) is 61.3 cm³/mol. The van der Waals surface area contributed by atoms with Crippen molar-refractivity contribution in [1.82, 2.24) is 15.1 Å². The lowest BCUT2D eigenvalue weighted by Gasteiger charge is -2.07. The minimum atomic E-state index is -0.512. The van der Waals surface area contributed by atoms with E-state index in [1.165, 1.54) is 17.1 Å². The number of nitrogens with zero attached hydrogens (tertiary/aromatic N) is 3. The van der Waals surface area contributed by atoms with Gasteiger partial charge in [-0.3, -0.25) is 19.6 Å². The van der Waals surface area contributed by atoms with Gasteiger partial charge < -0.3 is 5.32 Å². The molecule has 0 unspecified atom stereocenters. The third-order valence-corrected chi connectivity index (χ3v) is 2.11. The fraction of sp³-hybridized carbons (Fsp3) is 0.600. The van der Waals surface area contributed by atoms with E-state index in [9.17, 15) is 14.9 Å². The van der Waals surface area contributed by atoms with E-state index in [1.807, 2.05) is 13.8 Å². The van der Waals surface area contributed by atoms with Gasteiger partial charge in [0.2, 0.25) is 5.91 Å². The molecule has 0 atom stereocenters. The van der Waals surface area contributed by atoms with Crippen LogP contribution in [0.25, 0.3) is 0 Å². The summed E-state index contributed by atoms with van der Waals surface area (Å²) in [5.41, 5.74) is -0.0624. The lowest BCUT2D eigenvalue weighted by Crippen LogP contribution is -2.28. The Labute approximate surface area is 99.0 Å². The van der Waals surface area contributed by atoms with Crippen LogP contribution in [0, 0.1) is 16.0 Å². The molecule has 1 rings (SSSR count). The molecule has 0 radical (unpaired) electrons. The molecule has 0 aromatic carbocycles. The Balaban J connectivity index is 2.34. The van der Waals surface area contributed by atoms with E-state index in [-0.39, 0.29) is 18.0 Å². The van der Waals surface area contributed by atoms with Gasteiger partial charge in [0.25, 0.3) is 0 Å². The zero-order valence-corrected chi connectivity index (χ0v) is 9.92. The van der Waals surface area contributed by atoms with Crippen LogP contribution in [0.15, 0.2) is 12.4 Å². The first-order valence-electron chi connectivity index (χ1n) is 5.42. The summed E-state index contributed by atoms with van der Waals surface area (Å²) < 4.78 is 1.40. The van der Waals surface area contributed by atoms with Crippen molar-refractivity contribution in [2.75, 3.05) is 6.54 Å². The number of rotatable bonds is 6. The zero-order valence-electron chi connectivity index (χ0n) is 9.92. The van der Waals surface area contributed by atoms with Gasteiger partial charge in [0.05, 0.1) is 4.92 Å². The Morgan fingerprint density at radius 3 is 2.88 bits per heavy atom. The molecule has 0 fully saturated rings. The zero-order chi connectivity index (χ0) is 12.8. The highest BCUT2D eigenvalue weighted by molar-refractivity contribution is 5.75. The lowest BCUT2D eigenvalue weighted by atomic mass is 10.2. The third kappa shape index (κ3) is 4.62. The molecular weight excluding hydrogens is 224 g/mol. The first kappa shape index (κ1) is 13.1. The van der Waals surface area contributed by atoms with E-state index >= 15 is 0 Å². The van der Waals surface area contributed by atoms with E-state index < -0.39 is 4.92 Å². The van der Waals surface area contributed by atoms with Crippen LogP contribution in [-0.2, 0) is 11.3 Å². The van der Waals surface area contributed by atoms with Gasteiger partial charge in [-0.25, -0.2) is 0 Å². The van der Waals surface area contributed by atoms with Crippen LogP contribution in [0.2, 0.25) is 0 Å². The highest BCUT2D eigenvalue weighted by atomic mass is 16.6. The third-order valence-electron chi connectivity index (χ3n) is 2.11. The van der Waals surface area contributed by atoms with Gasteiger partial charge in [-0.15, -0.1) is 0 Å². The van der Waals surface area contributed by atoms with Crippen LogP contribution < -0.4 is 5.32 Å². The van der Waals surface area contributed by atoms with Gasteiger partial charge in [-0.05, 0) is 5.92 Å². The van der Waals surface area contributed by atoms with E-state index in [2.05, 4.69) is 10.4 Å². The van der Waals surface area contributed by atoms with Crippen molar-refractivity contribution in [3.8, 4) is 0 Å². The lowest BCUT2D eigenvalue weighted by molar-refractivity contribution is -0.385. The normalized spacial score (nSPS) is 10.5. The molecule has 0 aliphatic rings. The molecule has 0 spiro atoms. The van der Waals surface area contributed by atoms with Gasteiger partial charge >= 0.3 is 5.69 Å². The molecular formula is C10H16N4O3. The topological polar surface area (TPSA) is 90.1 Å². The molecule has 0 saturated carbocycles. The van der Waals surface area contributed by atoms with Gasteiger partial charge in [-0.2, -0.15) is 5.10 Å². The molecule has 1 amide bonds. The summed E-state index contributed by atoms with van der Waals surface area (Å²) >= 11 is 0. The molecule has 1 heterocycles. The number of nitro groups is 1. The molecule has 7 heteroatoms. The Morgan fingerprint density at radius 2 is 2.35 bits per heavy atom. The van der Waals surface area contributed by atoms with Crippen molar-refractivity contribution in [3.05, 3.63) is 22.5 Å².